The van der Waals surface area contributed by atoms with Crippen LogP contribution in [0.15, 0.2) is 163 Å². The second kappa shape index (κ2) is 14.0. The maximum Gasteiger partial charge on any atom is -0.00201 e. The van der Waals surface area contributed by atoms with Crippen molar-refractivity contribution in [2.75, 3.05) is 0 Å². The summed E-state index contributed by atoms with van der Waals surface area (Å²) >= 11 is 0. The number of hydrogen-bond donors (Lipinski definition) is 0. The number of benzene rings is 6. The molecular weight excluding hydrogens is 601 g/mol. The van der Waals surface area contributed by atoms with Gasteiger partial charge in [0.1, 0.15) is 0 Å². The first kappa shape index (κ1) is 32.0. The molecule has 8 rings (SSSR count). The molecule has 6 aromatic rings. The predicted octanol–water partition coefficient (Wildman–Crippen LogP) is 14.7. The van der Waals surface area contributed by atoms with Crippen molar-refractivity contribution in [1.29, 1.82) is 0 Å². The van der Waals surface area contributed by atoms with Gasteiger partial charge in [0.25, 0.3) is 0 Å². The normalized spacial score (nSPS) is 15.9. The number of hydrogen-bond acceptors (Lipinski definition) is 0. The average Bonchev–Trinajstić information content (AvgIpc) is 3.17. The molecule has 0 aromatic heterocycles. The van der Waals surface area contributed by atoms with Gasteiger partial charge in [0.2, 0.25) is 0 Å². The quantitative estimate of drug-likeness (QED) is 0.114. The van der Waals surface area contributed by atoms with Crippen molar-refractivity contribution < 1.29 is 0 Å². The Morgan fingerprint density at radius 3 is 1.88 bits per heavy atom. The molecule has 1 saturated carbocycles. The first-order valence-electron chi connectivity index (χ1n) is 18.6. The fraction of sp³-hybridized carbons (Fsp3) is 0.200. The summed E-state index contributed by atoms with van der Waals surface area (Å²) < 4.78 is 0. The first-order chi connectivity index (χ1) is 24.7. The van der Waals surface area contributed by atoms with Gasteiger partial charge in [-0.1, -0.05) is 171 Å². The van der Waals surface area contributed by atoms with Gasteiger partial charge in [0.05, 0.1) is 0 Å². The third kappa shape index (κ3) is 5.77. The molecule has 6 aromatic carbocycles. The minimum absolute atomic E-state index is 0.660. The Bertz CT molecular complexity index is 2290. The highest BCUT2D eigenvalue weighted by molar-refractivity contribution is 6.23. The van der Waals surface area contributed by atoms with Crippen LogP contribution in [0.5, 0.6) is 0 Å². The molecule has 2 aliphatic carbocycles. The summed E-state index contributed by atoms with van der Waals surface area (Å²) in [5, 5.41) is 7.98. The zero-order valence-electron chi connectivity index (χ0n) is 29.4. The van der Waals surface area contributed by atoms with Crippen molar-refractivity contribution in [2.24, 2.45) is 0 Å². The highest BCUT2D eigenvalue weighted by Crippen LogP contribution is 2.47. The highest BCUT2D eigenvalue weighted by atomic mass is 14.3. The van der Waals surface area contributed by atoms with Crippen molar-refractivity contribution in [3.05, 3.63) is 175 Å². The van der Waals surface area contributed by atoms with E-state index in [1.54, 1.807) is 0 Å². The third-order valence-corrected chi connectivity index (χ3v) is 11.4. The van der Waals surface area contributed by atoms with E-state index in [0.29, 0.717) is 5.92 Å². The van der Waals surface area contributed by atoms with E-state index in [4.69, 9.17) is 0 Å². The Hall–Kier alpha value is -5.20. The van der Waals surface area contributed by atoms with E-state index in [1.807, 2.05) is 12.2 Å². The van der Waals surface area contributed by atoms with Crippen molar-refractivity contribution in [1.82, 2.24) is 0 Å². The highest BCUT2D eigenvalue weighted by Gasteiger charge is 2.22. The summed E-state index contributed by atoms with van der Waals surface area (Å²) in [4.78, 5) is 0. The Morgan fingerprint density at radius 2 is 1.26 bits per heavy atom. The van der Waals surface area contributed by atoms with Gasteiger partial charge in [0, 0.05) is 0 Å². The summed E-state index contributed by atoms with van der Waals surface area (Å²) in [5.41, 5.74) is 13.4. The maximum absolute atomic E-state index is 4.13. The summed E-state index contributed by atoms with van der Waals surface area (Å²) in [6.07, 6.45) is 18.2. The second-order valence-corrected chi connectivity index (χ2v) is 14.3. The number of fused-ring (bicyclic) bond motifs is 3. The number of allylic oxidation sites excluding steroid dienone is 8. The fourth-order valence-corrected chi connectivity index (χ4v) is 9.00. The smallest absolute Gasteiger partial charge is 0.00201 e. The van der Waals surface area contributed by atoms with Crippen LogP contribution in [-0.4, -0.2) is 0 Å². The van der Waals surface area contributed by atoms with Gasteiger partial charge in [0.15, 0.2) is 0 Å². The second-order valence-electron chi connectivity index (χ2n) is 14.3. The Kier molecular flexibility index (Phi) is 8.95. The molecule has 0 spiro atoms. The third-order valence-electron chi connectivity index (χ3n) is 11.4. The van der Waals surface area contributed by atoms with Crippen LogP contribution in [0, 0.1) is 0 Å². The van der Waals surface area contributed by atoms with E-state index in [2.05, 4.69) is 141 Å². The summed E-state index contributed by atoms with van der Waals surface area (Å²) in [6, 6.07) is 41.4. The molecule has 0 aliphatic heterocycles. The van der Waals surface area contributed by atoms with E-state index in [0.717, 1.165) is 19.3 Å². The minimum Gasteiger partial charge on any atom is -0.0991 e. The largest absolute Gasteiger partial charge is 0.0991 e. The molecule has 0 atom stereocenters. The molecule has 0 amide bonds. The van der Waals surface area contributed by atoms with Gasteiger partial charge in [-0.3, -0.25) is 0 Å². The summed E-state index contributed by atoms with van der Waals surface area (Å²) in [6.45, 7) is 10.4. The van der Waals surface area contributed by atoms with E-state index in [9.17, 15) is 0 Å². The van der Waals surface area contributed by atoms with Crippen LogP contribution in [0.25, 0.3) is 60.1 Å². The SMILES string of the molecule is C=C/C=C(\CC1=C(C=C)C(C)=CCC1)c1ccc(-c2c3ccccc3c(-c3ccc(C4CCCCC4)c4ccccc34)c3ccccc23)cc1. The topological polar surface area (TPSA) is 0 Å². The lowest BCUT2D eigenvalue weighted by Gasteiger charge is -2.25. The molecule has 0 bridgehead atoms. The summed E-state index contributed by atoms with van der Waals surface area (Å²) in [5.74, 6) is 0.660. The van der Waals surface area contributed by atoms with E-state index in [1.165, 1.54) is 120 Å². The molecule has 0 saturated heterocycles. The van der Waals surface area contributed by atoms with Crippen molar-refractivity contribution >= 4 is 37.9 Å². The van der Waals surface area contributed by atoms with Gasteiger partial charge >= 0.3 is 0 Å². The molecule has 0 nitrogen and oxygen atoms in total. The van der Waals surface area contributed by atoms with Crippen LogP contribution < -0.4 is 0 Å². The molecule has 246 valence electrons. The van der Waals surface area contributed by atoms with Crippen molar-refractivity contribution in [2.45, 2.75) is 64.2 Å². The van der Waals surface area contributed by atoms with Crippen LogP contribution in [-0.2, 0) is 0 Å². The Balaban J connectivity index is 1.27. The average molecular weight is 647 g/mol. The van der Waals surface area contributed by atoms with Gasteiger partial charge in [-0.25, -0.2) is 0 Å². The number of rotatable bonds is 8. The van der Waals surface area contributed by atoms with Crippen molar-refractivity contribution in [3.8, 4) is 22.3 Å². The van der Waals surface area contributed by atoms with Crippen LogP contribution in [0.3, 0.4) is 0 Å². The molecule has 0 heterocycles. The fourth-order valence-electron chi connectivity index (χ4n) is 9.00. The minimum atomic E-state index is 0.660. The molecule has 0 heteroatoms. The Morgan fingerprint density at radius 1 is 0.660 bits per heavy atom. The van der Waals surface area contributed by atoms with E-state index < -0.39 is 0 Å². The standard InChI is InChI=1S/C50H46/c1-4-16-38(33-39-20-15-17-34(3)40(39)5-2)35-27-29-37(30-28-35)49-44-23-11-13-25-46(44)50(47-26-14-12-24-45(47)49)48-32-31-41(36-18-7-6-8-19-36)42-21-9-10-22-43(42)48/h4-5,9-14,16-17,21-32,36H,1-2,6-8,15,18-20,33H2,3H3/b38-16+. The van der Waals surface area contributed by atoms with Crippen LogP contribution in [0.4, 0.5) is 0 Å². The molecular formula is C50H46. The molecule has 0 unspecified atom stereocenters. The molecule has 0 radical (unpaired) electrons. The van der Waals surface area contributed by atoms with Gasteiger partial charge in [-0.15, -0.1) is 0 Å². The van der Waals surface area contributed by atoms with Crippen LogP contribution in [0.2, 0.25) is 0 Å². The summed E-state index contributed by atoms with van der Waals surface area (Å²) in [7, 11) is 0. The van der Waals surface area contributed by atoms with Crippen LogP contribution >= 0.6 is 0 Å². The lowest BCUT2D eigenvalue weighted by atomic mass is 9.79. The molecule has 2 aliphatic rings. The lowest BCUT2D eigenvalue weighted by molar-refractivity contribution is 0.445. The van der Waals surface area contributed by atoms with Gasteiger partial charge in [-0.2, -0.15) is 0 Å². The molecule has 50 heavy (non-hydrogen) atoms. The monoisotopic (exact) mass is 646 g/mol. The lowest BCUT2D eigenvalue weighted by Crippen LogP contribution is -2.05. The molecule has 1 fully saturated rings. The zero-order chi connectivity index (χ0) is 34.0. The zero-order valence-corrected chi connectivity index (χ0v) is 29.4. The predicted molar refractivity (Wildman–Crippen MR) is 219 cm³/mol. The first-order valence-corrected chi connectivity index (χ1v) is 18.6. The van der Waals surface area contributed by atoms with Crippen LogP contribution in [0.1, 0.15) is 75.3 Å². The van der Waals surface area contributed by atoms with Gasteiger partial charge in [-0.05, 0) is 127 Å². The van der Waals surface area contributed by atoms with E-state index >= 15 is 0 Å². The van der Waals surface area contributed by atoms with E-state index in [-0.39, 0.29) is 0 Å². The van der Waals surface area contributed by atoms with Crippen molar-refractivity contribution in [3.63, 3.8) is 0 Å². The van der Waals surface area contributed by atoms with Gasteiger partial charge < -0.3 is 0 Å². The Labute approximate surface area is 297 Å². The maximum atomic E-state index is 4.13. The molecule has 0 N–H and O–H groups in total.